The summed E-state index contributed by atoms with van der Waals surface area (Å²) in [5.74, 6) is 0. The van der Waals surface area contributed by atoms with E-state index in [9.17, 15) is 0 Å². The van der Waals surface area contributed by atoms with Crippen LogP contribution in [0, 0.1) is 0 Å². The fourth-order valence-electron chi connectivity index (χ4n) is 3.58. The van der Waals surface area contributed by atoms with Crippen LogP contribution < -0.4 is 5.32 Å². The second kappa shape index (κ2) is 6.57. The van der Waals surface area contributed by atoms with E-state index < -0.39 is 0 Å². The third kappa shape index (κ3) is 3.31. The van der Waals surface area contributed by atoms with Crippen LogP contribution in [0.5, 0.6) is 0 Å². The zero-order valence-corrected chi connectivity index (χ0v) is 13.3. The number of benzene rings is 2. The predicted molar refractivity (Wildman–Crippen MR) is 95.5 cm³/mol. The molecule has 0 radical (unpaired) electrons. The van der Waals surface area contributed by atoms with Crippen molar-refractivity contribution in [3.8, 4) is 0 Å². The van der Waals surface area contributed by atoms with E-state index in [1.165, 1.54) is 22.0 Å². The van der Waals surface area contributed by atoms with E-state index in [-0.39, 0.29) is 0 Å². The van der Waals surface area contributed by atoms with Crippen LogP contribution in [0.2, 0.25) is 0 Å². The molecule has 1 atom stereocenters. The molecular weight excluding hydrogens is 282 g/mol. The monoisotopic (exact) mass is 305 g/mol. The highest BCUT2D eigenvalue weighted by Gasteiger charge is 2.20. The minimum Gasteiger partial charge on any atom is -0.361 e. The van der Waals surface area contributed by atoms with Gasteiger partial charge in [0.1, 0.15) is 0 Å². The first-order valence-electron chi connectivity index (χ1n) is 8.43. The Bertz CT molecular complexity index is 763. The first-order valence-corrected chi connectivity index (χ1v) is 8.43. The molecule has 0 aliphatic carbocycles. The smallest absolute Gasteiger partial charge is 0.0456 e. The minimum absolute atomic E-state index is 0.520. The quantitative estimate of drug-likeness (QED) is 0.775. The summed E-state index contributed by atoms with van der Waals surface area (Å²) in [5.41, 5.74) is 4.05. The summed E-state index contributed by atoms with van der Waals surface area (Å²) in [7, 11) is 0. The molecule has 3 nitrogen and oxygen atoms in total. The van der Waals surface area contributed by atoms with E-state index in [2.05, 4.69) is 76.0 Å². The fourth-order valence-corrected chi connectivity index (χ4v) is 3.58. The average Bonchev–Trinajstić information content (AvgIpc) is 2.99. The van der Waals surface area contributed by atoms with Crippen LogP contribution in [0.4, 0.5) is 0 Å². The summed E-state index contributed by atoms with van der Waals surface area (Å²) in [4.78, 5) is 5.95. The Hall–Kier alpha value is -2.10. The Morgan fingerprint density at radius 1 is 1.00 bits per heavy atom. The van der Waals surface area contributed by atoms with Gasteiger partial charge in [0.2, 0.25) is 0 Å². The van der Waals surface area contributed by atoms with Gasteiger partial charge in [-0.25, -0.2) is 0 Å². The van der Waals surface area contributed by atoms with Gasteiger partial charge in [0.15, 0.2) is 0 Å². The predicted octanol–water partition coefficient (Wildman–Crippen LogP) is 3.18. The largest absolute Gasteiger partial charge is 0.361 e. The molecule has 0 saturated carbocycles. The van der Waals surface area contributed by atoms with Gasteiger partial charge < -0.3 is 10.3 Å². The lowest BCUT2D eigenvalue weighted by Crippen LogP contribution is -2.51. The zero-order valence-electron chi connectivity index (χ0n) is 13.3. The maximum absolute atomic E-state index is 3.68. The maximum Gasteiger partial charge on any atom is 0.0456 e. The van der Waals surface area contributed by atoms with Gasteiger partial charge in [-0.15, -0.1) is 0 Å². The van der Waals surface area contributed by atoms with Crippen molar-refractivity contribution >= 4 is 10.9 Å². The molecule has 2 N–H and O–H groups in total. The topological polar surface area (TPSA) is 31.1 Å². The SMILES string of the molecule is c1ccc(CN2CCN[C@@H](Cc3c[nH]c4ccccc34)C2)cc1. The number of rotatable bonds is 4. The van der Waals surface area contributed by atoms with Crippen LogP contribution in [-0.4, -0.2) is 35.6 Å². The van der Waals surface area contributed by atoms with Gasteiger partial charge in [-0.05, 0) is 23.6 Å². The second-order valence-electron chi connectivity index (χ2n) is 6.44. The Balaban J connectivity index is 1.43. The van der Waals surface area contributed by atoms with Gasteiger partial charge in [0, 0.05) is 49.3 Å². The summed E-state index contributed by atoms with van der Waals surface area (Å²) < 4.78 is 0. The molecular formula is C20H23N3. The third-order valence-corrected chi connectivity index (χ3v) is 4.73. The van der Waals surface area contributed by atoms with E-state index in [0.29, 0.717) is 6.04 Å². The van der Waals surface area contributed by atoms with E-state index >= 15 is 0 Å². The molecule has 1 fully saturated rings. The molecule has 3 aromatic rings. The Labute approximate surface area is 137 Å². The van der Waals surface area contributed by atoms with Crippen LogP contribution in [0.25, 0.3) is 10.9 Å². The van der Waals surface area contributed by atoms with Crippen molar-refractivity contribution in [1.29, 1.82) is 0 Å². The van der Waals surface area contributed by atoms with Crippen LogP contribution in [-0.2, 0) is 13.0 Å². The van der Waals surface area contributed by atoms with Gasteiger partial charge in [-0.3, -0.25) is 4.90 Å². The van der Waals surface area contributed by atoms with Crippen LogP contribution in [0.1, 0.15) is 11.1 Å². The van der Waals surface area contributed by atoms with Crippen molar-refractivity contribution in [2.75, 3.05) is 19.6 Å². The van der Waals surface area contributed by atoms with Crippen LogP contribution in [0.3, 0.4) is 0 Å². The number of nitrogens with zero attached hydrogens (tertiary/aromatic N) is 1. The van der Waals surface area contributed by atoms with Crippen molar-refractivity contribution < 1.29 is 0 Å². The molecule has 1 aromatic heterocycles. The molecule has 0 spiro atoms. The second-order valence-corrected chi connectivity index (χ2v) is 6.44. The minimum atomic E-state index is 0.520. The van der Waals surface area contributed by atoms with Crippen molar-refractivity contribution in [1.82, 2.24) is 15.2 Å². The number of nitrogens with one attached hydrogen (secondary N) is 2. The van der Waals surface area contributed by atoms with E-state index in [1.54, 1.807) is 0 Å². The maximum atomic E-state index is 3.68. The van der Waals surface area contributed by atoms with Crippen LogP contribution in [0.15, 0.2) is 60.8 Å². The van der Waals surface area contributed by atoms with Gasteiger partial charge in [0.25, 0.3) is 0 Å². The molecule has 1 aliphatic heterocycles. The lowest BCUT2D eigenvalue weighted by atomic mass is 10.0. The number of aromatic amines is 1. The molecule has 3 heteroatoms. The molecule has 1 aliphatic rings. The van der Waals surface area contributed by atoms with E-state index in [0.717, 1.165) is 32.6 Å². The van der Waals surface area contributed by atoms with Crippen molar-refractivity contribution in [3.05, 3.63) is 71.9 Å². The van der Waals surface area contributed by atoms with E-state index in [1.807, 2.05) is 0 Å². The first kappa shape index (κ1) is 14.5. The summed E-state index contributed by atoms with van der Waals surface area (Å²) >= 11 is 0. The molecule has 23 heavy (non-hydrogen) atoms. The normalized spacial score (nSPS) is 19.2. The Morgan fingerprint density at radius 2 is 1.83 bits per heavy atom. The zero-order chi connectivity index (χ0) is 15.5. The lowest BCUT2D eigenvalue weighted by molar-refractivity contribution is 0.192. The summed E-state index contributed by atoms with van der Waals surface area (Å²) in [6, 6.07) is 19.9. The molecule has 4 rings (SSSR count). The standard InChI is InChI=1S/C20H23N3/c1-2-6-16(7-3-1)14-23-11-10-21-18(15-23)12-17-13-22-20-9-5-4-8-19(17)20/h1-9,13,18,21-22H,10-12,14-15H2/t18-/m0/s1. The number of hydrogen-bond acceptors (Lipinski definition) is 2. The number of piperazine rings is 1. The van der Waals surface area contributed by atoms with E-state index in [4.69, 9.17) is 0 Å². The number of aromatic nitrogens is 1. The molecule has 0 bridgehead atoms. The molecule has 118 valence electrons. The average molecular weight is 305 g/mol. The van der Waals surface area contributed by atoms with Gasteiger partial charge in [-0.2, -0.15) is 0 Å². The molecule has 0 unspecified atom stereocenters. The summed E-state index contributed by atoms with van der Waals surface area (Å²) in [6.45, 7) is 4.35. The van der Waals surface area contributed by atoms with Gasteiger partial charge in [0.05, 0.1) is 0 Å². The van der Waals surface area contributed by atoms with Crippen LogP contribution >= 0.6 is 0 Å². The summed E-state index contributed by atoms with van der Waals surface area (Å²) in [5, 5.41) is 5.04. The molecule has 1 saturated heterocycles. The number of para-hydroxylation sites is 1. The first-order chi connectivity index (χ1) is 11.4. The van der Waals surface area contributed by atoms with Gasteiger partial charge in [-0.1, -0.05) is 48.5 Å². The van der Waals surface area contributed by atoms with Gasteiger partial charge >= 0.3 is 0 Å². The Kier molecular flexibility index (Phi) is 4.14. The highest BCUT2D eigenvalue weighted by Crippen LogP contribution is 2.20. The number of hydrogen-bond donors (Lipinski definition) is 2. The molecule has 2 aromatic carbocycles. The highest BCUT2D eigenvalue weighted by molar-refractivity contribution is 5.83. The van der Waals surface area contributed by atoms with Crippen molar-refractivity contribution in [2.45, 2.75) is 19.0 Å². The van der Waals surface area contributed by atoms with Crippen molar-refractivity contribution in [2.24, 2.45) is 0 Å². The number of fused-ring (bicyclic) bond motifs is 1. The third-order valence-electron chi connectivity index (χ3n) is 4.73. The molecule has 2 heterocycles. The highest BCUT2D eigenvalue weighted by atomic mass is 15.2. The fraction of sp³-hybridized carbons (Fsp3) is 0.300. The number of H-pyrrole nitrogens is 1. The molecule has 0 amide bonds. The Morgan fingerprint density at radius 3 is 2.74 bits per heavy atom. The lowest BCUT2D eigenvalue weighted by Gasteiger charge is -2.33. The van der Waals surface area contributed by atoms with Crippen molar-refractivity contribution in [3.63, 3.8) is 0 Å². The summed E-state index contributed by atoms with van der Waals surface area (Å²) in [6.07, 6.45) is 3.25.